The molecule has 2 amide bonds. The summed E-state index contributed by atoms with van der Waals surface area (Å²) >= 11 is 14.3. The maximum Gasteiger partial charge on any atom is 0.220 e. The lowest BCUT2D eigenvalue weighted by Crippen LogP contribution is -2.66. The molecule has 4 aliphatic heterocycles. The van der Waals surface area contributed by atoms with E-state index in [1.54, 1.807) is 12.4 Å². The number of amides is 2. The number of likely N-dealkylation sites (tertiary alicyclic amines) is 2. The predicted molar refractivity (Wildman–Crippen MR) is 193 cm³/mol. The van der Waals surface area contributed by atoms with Crippen LogP contribution in [0, 0.1) is 0 Å². The molecule has 4 saturated heterocycles. The molecule has 0 unspecified atom stereocenters. The van der Waals surface area contributed by atoms with Crippen LogP contribution in [0.1, 0.15) is 62.3 Å². The Hall–Kier alpha value is -3.96. The number of hydrogen-bond donors (Lipinski definition) is 2. The third-order valence-corrected chi connectivity index (χ3v) is 11.5. The molecule has 0 radical (unpaired) electrons. The van der Waals surface area contributed by atoms with Gasteiger partial charge in [-0.3, -0.25) is 29.4 Å². The van der Waals surface area contributed by atoms with Crippen LogP contribution in [0.3, 0.4) is 0 Å². The molecule has 4 fully saturated rings. The molecule has 2 N–H and O–H groups in total. The molecule has 0 aliphatic carbocycles. The molecule has 6 heterocycles. The van der Waals surface area contributed by atoms with Gasteiger partial charge in [0.25, 0.3) is 0 Å². The molecule has 2 aromatic heterocycles. The van der Waals surface area contributed by atoms with E-state index in [9.17, 15) is 9.59 Å². The van der Waals surface area contributed by atoms with Gasteiger partial charge < -0.3 is 10.6 Å². The zero-order chi connectivity index (χ0) is 34.6. The molecule has 258 valence electrons. The monoisotopic (exact) mass is 710 g/mol. The number of aromatic nitrogens is 4. The number of nitrogens with zero attached hydrogens (tertiary/aromatic N) is 6. The van der Waals surface area contributed by atoms with Crippen LogP contribution >= 0.6 is 23.2 Å². The minimum absolute atomic E-state index is 0.0627. The summed E-state index contributed by atoms with van der Waals surface area (Å²) < 4.78 is 0. The third-order valence-electron chi connectivity index (χ3n) is 10.7. The van der Waals surface area contributed by atoms with Crippen LogP contribution in [0.2, 0.25) is 10.0 Å². The number of carbonyl (C=O) groups excluding carboxylic acids is 2. The second kappa shape index (κ2) is 13.0. The summed E-state index contributed by atoms with van der Waals surface area (Å²) in [6.07, 6.45) is 8.12. The molecule has 0 atom stereocenters. The van der Waals surface area contributed by atoms with Gasteiger partial charge in [0.1, 0.15) is 0 Å². The fourth-order valence-corrected chi connectivity index (χ4v) is 8.81. The summed E-state index contributed by atoms with van der Waals surface area (Å²) in [5.74, 6) is 0.301. The van der Waals surface area contributed by atoms with E-state index in [0.29, 0.717) is 47.4 Å². The Labute approximate surface area is 302 Å². The standard InChI is InChI=1S/C38H40Cl2N8O2/c1-3-27-31(17-47-19-37(20-47)13-11-33(49)45-37)41-15-29(43-27)25-9-5-7-23(35(25)39)24-8-6-10-26(36(24)40)30-16-42-32(28(4-2)44-30)18-48-21-38(22-48)14-12-34(50)46-38/h5-10,15-16H,3-4,11-14,17-22H2,1-2H3,(H,45,49)(H,46,50). The maximum atomic E-state index is 11.8. The summed E-state index contributed by atoms with van der Waals surface area (Å²) in [5, 5.41) is 7.41. The van der Waals surface area contributed by atoms with E-state index in [1.165, 1.54) is 0 Å². The van der Waals surface area contributed by atoms with E-state index in [2.05, 4.69) is 34.3 Å². The first-order chi connectivity index (χ1) is 24.2. The Bertz CT molecular complexity index is 1860. The van der Waals surface area contributed by atoms with Gasteiger partial charge in [0.2, 0.25) is 11.8 Å². The number of halogens is 2. The molecule has 4 aliphatic rings. The normalized spacial score (nSPS) is 19.4. The number of nitrogens with one attached hydrogen (secondary N) is 2. The summed E-state index contributed by atoms with van der Waals surface area (Å²) in [7, 11) is 0. The topological polar surface area (TPSA) is 116 Å². The van der Waals surface area contributed by atoms with Gasteiger partial charge in [0, 0.05) is 74.4 Å². The fourth-order valence-electron chi connectivity index (χ4n) is 8.16. The van der Waals surface area contributed by atoms with Crippen LogP contribution in [0.4, 0.5) is 0 Å². The van der Waals surface area contributed by atoms with Gasteiger partial charge in [0.15, 0.2) is 0 Å². The first-order valence-electron chi connectivity index (χ1n) is 17.5. The Morgan fingerprint density at radius 3 is 1.40 bits per heavy atom. The van der Waals surface area contributed by atoms with Crippen molar-refractivity contribution >= 4 is 35.0 Å². The second-order valence-corrected chi connectivity index (χ2v) is 15.0. The lowest BCUT2D eigenvalue weighted by Gasteiger charge is -2.47. The largest absolute Gasteiger partial charge is 0.348 e. The number of rotatable bonds is 9. The van der Waals surface area contributed by atoms with E-state index in [-0.39, 0.29) is 22.9 Å². The van der Waals surface area contributed by atoms with Crippen molar-refractivity contribution in [3.8, 4) is 33.6 Å². The Morgan fingerprint density at radius 1 is 0.640 bits per heavy atom. The van der Waals surface area contributed by atoms with Crippen molar-refractivity contribution in [1.29, 1.82) is 0 Å². The number of hydrogen-bond acceptors (Lipinski definition) is 8. The highest BCUT2D eigenvalue weighted by Gasteiger charge is 2.48. The molecule has 8 rings (SSSR count). The van der Waals surface area contributed by atoms with Gasteiger partial charge in [-0.2, -0.15) is 0 Å². The van der Waals surface area contributed by atoms with Crippen molar-refractivity contribution in [2.24, 2.45) is 0 Å². The van der Waals surface area contributed by atoms with E-state index >= 15 is 0 Å². The van der Waals surface area contributed by atoms with Gasteiger partial charge in [-0.05, 0) is 25.7 Å². The number of carbonyl (C=O) groups is 2. The molecule has 2 spiro atoms. The van der Waals surface area contributed by atoms with Gasteiger partial charge in [-0.25, -0.2) is 9.97 Å². The van der Waals surface area contributed by atoms with Gasteiger partial charge >= 0.3 is 0 Å². The zero-order valence-corrected chi connectivity index (χ0v) is 29.9. The predicted octanol–water partition coefficient (Wildman–Crippen LogP) is 5.63. The minimum atomic E-state index is -0.0627. The van der Waals surface area contributed by atoms with Crippen LogP contribution in [0.5, 0.6) is 0 Å². The average Bonchev–Trinajstić information content (AvgIpc) is 3.68. The quantitative estimate of drug-likeness (QED) is 0.230. The Balaban J connectivity index is 1.01. The molecule has 12 heteroatoms. The van der Waals surface area contributed by atoms with Crippen LogP contribution in [0.25, 0.3) is 33.6 Å². The van der Waals surface area contributed by atoms with E-state index in [1.807, 2.05) is 36.4 Å². The fraction of sp³-hybridized carbons (Fsp3) is 0.421. The lowest BCUT2D eigenvalue weighted by atomic mass is 9.88. The van der Waals surface area contributed by atoms with Crippen LogP contribution in [0.15, 0.2) is 48.8 Å². The van der Waals surface area contributed by atoms with Crippen molar-refractivity contribution in [2.45, 2.75) is 76.5 Å². The maximum absolute atomic E-state index is 11.8. The molecule has 0 saturated carbocycles. The Kier molecular flexibility index (Phi) is 8.62. The van der Waals surface area contributed by atoms with Crippen molar-refractivity contribution in [3.63, 3.8) is 0 Å². The van der Waals surface area contributed by atoms with E-state index < -0.39 is 0 Å². The molecule has 2 aromatic carbocycles. The van der Waals surface area contributed by atoms with Crippen LogP contribution in [-0.2, 0) is 35.5 Å². The smallest absolute Gasteiger partial charge is 0.220 e. The first kappa shape index (κ1) is 33.2. The molecule has 4 aromatic rings. The zero-order valence-electron chi connectivity index (χ0n) is 28.4. The van der Waals surface area contributed by atoms with Crippen molar-refractivity contribution in [3.05, 3.63) is 81.6 Å². The van der Waals surface area contributed by atoms with Gasteiger partial charge in [-0.15, -0.1) is 0 Å². The summed E-state index contributed by atoms with van der Waals surface area (Å²) in [6, 6.07) is 11.8. The highest BCUT2D eigenvalue weighted by atomic mass is 35.5. The molecule has 0 bridgehead atoms. The third kappa shape index (κ3) is 6.06. The SMILES string of the molecule is CCc1nc(-c2cccc(-c3cccc(-c4cnc(CN5CC6(CCC(=O)N6)C5)c(CC)n4)c3Cl)c2Cl)cnc1CN1CC2(CCC(=O)N2)C1. The average molecular weight is 712 g/mol. The summed E-state index contributed by atoms with van der Waals surface area (Å²) in [6.45, 7) is 8.95. The molecular weight excluding hydrogens is 671 g/mol. The number of benzene rings is 2. The highest BCUT2D eigenvalue weighted by molar-refractivity contribution is 6.39. The highest BCUT2D eigenvalue weighted by Crippen LogP contribution is 2.42. The van der Waals surface area contributed by atoms with Crippen LogP contribution in [-0.4, -0.2) is 78.8 Å². The summed E-state index contributed by atoms with van der Waals surface area (Å²) in [4.78, 5) is 47.9. The first-order valence-corrected chi connectivity index (χ1v) is 18.3. The van der Waals surface area contributed by atoms with Crippen molar-refractivity contribution in [2.75, 3.05) is 26.2 Å². The second-order valence-electron chi connectivity index (χ2n) is 14.3. The lowest BCUT2D eigenvalue weighted by molar-refractivity contribution is -0.121. The van der Waals surface area contributed by atoms with Crippen molar-refractivity contribution in [1.82, 2.24) is 40.4 Å². The van der Waals surface area contributed by atoms with Crippen molar-refractivity contribution < 1.29 is 9.59 Å². The molecule has 10 nitrogen and oxygen atoms in total. The molecule has 50 heavy (non-hydrogen) atoms. The minimum Gasteiger partial charge on any atom is -0.348 e. The van der Waals surface area contributed by atoms with E-state index in [4.69, 9.17) is 43.1 Å². The van der Waals surface area contributed by atoms with Crippen LogP contribution < -0.4 is 10.6 Å². The number of aryl methyl sites for hydroxylation is 2. The van der Waals surface area contributed by atoms with Gasteiger partial charge in [-0.1, -0.05) is 73.4 Å². The molecular formula is C38H40Cl2N8O2. The Morgan fingerprint density at radius 2 is 1.04 bits per heavy atom. The summed E-state index contributed by atoms with van der Waals surface area (Å²) in [5.41, 5.74) is 8.26. The van der Waals surface area contributed by atoms with E-state index in [0.717, 1.165) is 96.9 Å². The van der Waals surface area contributed by atoms with Gasteiger partial charge in [0.05, 0.1) is 67.7 Å².